The van der Waals surface area contributed by atoms with Gasteiger partial charge in [0.05, 0.1) is 31.8 Å². The van der Waals surface area contributed by atoms with Crippen LogP contribution < -0.4 is 4.74 Å². The Balaban J connectivity index is 1.65. The highest BCUT2D eigenvalue weighted by atomic mass is 32.1. The molecule has 2 aromatic carbocycles. The third-order valence-electron chi connectivity index (χ3n) is 4.05. The van der Waals surface area contributed by atoms with Crippen molar-refractivity contribution in [2.45, 2.75) is 19.6 Å². The summed E-state index contributed by atoms with van der Waals surface area (Å²) >= 11 is 5.30. The molecule has 0 unspecified atom stereocenters. The average molecular weight is 380 g/mol. The lowest BCUT2D eigenvalue weighted by molar-refractivity contribution is 0.240. The molecule has 3 rings (SSSR count). The maximum Gasteiger partial charge on any atom is 0.288 e. The van der Waals surface area contributed by atoms with Crippen LogP contribution in [0.5, 0.6) is 5.75 Å². The molecule has 0 aliphatic heterocycles. The molecule has 0 fully saturated rings. The van der Waals surface area contributed by atoms with Gasteiger partial charge in [-0.3, -0.25) is 4.90 Å². The Morgan fingerprint density at radius 1 is 1.22 bits per heavy atom. The molecule has 27 heavy (non-hydrogen) atoms. The first-order valence-electron chi connectivity index (χ1n) is 8.44. The van der Waals surface area contributed by atoms with E-state index in [9.17, 15) is 0 Å². The molecule has 6 nitrogen and oxygen atoms in total. The molecule has 0 spiro atoms. The van der Waals surface area contributed by atoms with E-state index in [4.69, 9.17) is 26.6 Å². The van der Waals surface area contributed by atoms with Gasteiger partial charge in [0.2, 0.25) is 5.89 Å². The number of rotatable bonds is 7. The topological polar surface area (TPSA) is 67.2 Å². The van der Waals surface area contributed by atoms with Gasteiger partial charge in [-0.1, -0.05) is 24.3 Å². The van der Waals surface area contributed by atoms with E-state index in [0.29, 0.717) is 35.9 Å². The van der Waals surface area contributed by atoms with Crippen LogP contribution in [-0.4, -0.2) is 28.8 Å². The van der Waals surface area contributed by atoms with Gasteiger partial charge in [-0.05, 0) is 54.7 Å². The van der Waals surface area contributed by atoms with Crippen LogP contribution in [-0.2, 0) is 19.6 Å². The van der Waals surface area contributed by atoms with E-state index in [1.165, 1.54) is 0 Å². The number of hydrogen-bond acceptors (Lipinski definition) is 6. The second-order valence-electron chi connectivity index (χ2n) is 6.25. The van der Waals surface area contributed by atoms with Gasteiger partial charge in [0.25, 0.3) is 4.84 Å². The van der Waals surface area contributed by atoms with Gasteiger partial charge < -0.3 is 9.15 Å². The molecule has 7 heteroatoms. The van der Waals surface area contributed by atoms with Crippen molar-refractivity contribution in [3.8, 4) is 11.8 Å². The van der Waals surface area contributed by atoms with Crippen molar-refractivity contribution in [3.63, 3.8) is 0 Å². The summed E-state index contributed by atoms with van der Waals surface area (Å²) in [5, 5.41) is 13.5. The van der Waals surface area contributed by atoms with Crippen LogP contribution in [0.3, 0.4) is 0 Å². The third kappa shape index (κ3) is 5.03. The van der Waals surface area contributed by atoms with Crippen LogP contribution in [0.15, 0.2) is 52.9 Å². The highest BCUT2D eigenvalue weighted by Crippen LogP contribution is 2.15. The smallest absolute Gasteiger partial charge is 0.288 e. The summed E-state index contributed by atoms with van der Waals surface area (Å²) in [6.07, 6.45) is 0.564. The molecule has 0 saturated heterocycles. The normalized spacial score (nSPS) is 10.7. The van der Waals surface area contributed by atoms with Gasteiger partial charge in [-0.25, -0.2) is 4.68 Å². The number of hydrogen-bond donors (Lipinski definition) is 0. The molecular formula is C20H20N4O2S. The molecule has 1 aromatic heterocycles. The van der Waals surface area contributed by atoms with Crippen molar-refractivity contribution >= 4 is 12.2 Å². The fourth-order valence-corrected chi connectivity index (χ4v) is 2.95. The van der Waals surface area contributed by atoms with Crippen molar-refractivity contribution in [3.05, 3.63) is 75.9 Å². The van der Waals surface area contributed by atoms with E-state index in [0.717, 1.165) is 16.9 Å². The van der Waals surface area contributed by atoms with Gasteiger partial charge in [-0.2, -0.15) is 5.26 Å². The highest BCUT2D eigenvalue weighted by molar-refractivity contribution is 7.71. The molecule has 0 amide bonds. The molecule has 1 heterocycles. The Kier molecular flexibility index (Phi) is 6.01. The van der Waals surface area contributed by atoms with Gasteiger partial charge >= 0.3 is 0 Å². The van der Waals surface area contributed by atoms with E-state index in [-0.39, 0.29) is 0 Å². The number of methoxy groups -OCH3 is 1. The second kappa shape index (κ2) is 8.62. The second-order valence-corrected chi connectivity index (χ2v) is 6.60. The number of nitriles is 1. The zero-order chi connectivity index (χ0) is 19.2. The summed E-state index contributed by atoms with van der Waals surface area (Å²) in [5.74, 6) is 1.39. The van der Waals surface area contributed by atoms with Gasteiger partial charge in [-0.15, -0.1) is 5.10 Å². The minimum absolute atomic E-state index is 0.344. The summed E-state index contributed by atoms with van der Waals surface area (Å²) in [6, 6.07) is 17.5. The van der Waals surface area contributed by atoms with Crippen LogP contribution in [0, 0.1) is 16.2 Å². The lowest BCUT2D eigenvalue weighted by Gasteiger charge is -2.16. The van der Waals surface area contributed by atoms with Gasteiger partial charge in [0.1, 0.15) is 5.75 Å². The fourth-order valence-electron chi connectivity index (χ4n) is 2.76. The first-order valence-corrected chi connectivity index (χ1v) is 8.85. The fraction of sp³-hybridized carbons (Fsp3) is 0.250. The summed E-state index contributed by atoms with van der Waals surface area (Å²) in [6.45, 7) is 1.18. The SMILES string of the molecule is COc1ccc(Cc2nn(CN(C)Cc3cccc(C#N)c3)c(=S)o2)cc1. The first kappa shape index (κ1) is 18.8. The summed E-state index contributed by atoms with van der Waals surface area (Å²) in [7, 11) is 3.61. The Hall–Kier alpha value is -2.95. The average Bonchev–Trinajstić information content (AvgIpc) is 3.01. The predicted molar refractivity (Wildman–Crippen MR) is 104 cm³/mol. The van der Waals surface area contributed by atoms with Crippen LogP contribution in [0.4, 0.5) is 0 Å². The minimum atomic E-state index is 0.344. The molecule has 0 aliphatic carbocycles. The molecule has 3 aromatic rings. The molecular weight excluding hydrogens is 360 g/mol. The maximum absolute atomic E-state index is 9.01. The van der Waals surface area contributed by atoms with E-state index in [1.54, 1.807) is 17.9 Å². The van der Waals surface area contributed by atoms with E-state index in [2.05, 4.69) is 16.1 Å². The van der Waals surface area contributed by atoms with Crippen molar-refractivity contribution in [1.82, 2.24) is 14.7 Å². The summed E-state index contributed by atoms with van der Waals surface area (Å²) in [4.78, 5) is 2.41. The molecule has 0 bridgehead atoms. The van der Waals surface area contributed by atoms with Gasteiger partial charge in [0.15, 0.2) is 0 Å². The van der Waals surface area contributed by atoms with Crippen molar-refractivity contribution in [2.24, 2.45) is 0 Å². The number of ether oxygens (including phenoxy) is 1. The first-order chi connectivity index (χ1) is 13.1. The monoisotopic (exact) mass is 380 g/mol. The predicted octanol–water partition coefficient (Wildman–Crippen LogP) is 3.77. The molecule has 0 saturated carbocycles. The molecule has 138 valence electrons. The molecule has 0 N–H and O–H groups in total. The van der Waals surface area contributed by atoms with Crippen LogP contribution >= 0.6 is 12.2 Å². The Labute approximate surface area is 163 Å². The van der Waals surface area contributed by atoms with E-state index < -0.39 is 0 Å². The molecule has 0 radical (unpaired) electrons. The number of nitrogens with zero attached hydrogens (tertiary/aromatic N) is 4. The lowest BCUT2D eigenvalue weighted by atomic mass is 10.1. The van der Waals surface area contributed by atoms with Crippen molar-refractivity contribution < 1.29 is 9.15 Å². The Bertz CT molecular complexity index is 1000. The summed E-state index contributed by atoms with van der Waals surface area (Å²) in [5.41, 5.74) is 2.78. The van der Waals surface area contributed by atoms with E-state index >= 15 is 0 Å². The quantitative estimate of drug-likeness (QED) is 0.581. The minimum Gasteiger partial charge on any atom is -0.497 e. The van der Waals surface area contributed by atoms with Crippen LogP contribution in [0.2, 0.25) is 0 Å². The Morgan fingerprint density at radius 3 is 2.70 bits per heavy atom. The van der Waals surface area contributed by atoms with E-state index in [1.807, 2.05) is 49.5 Å². The lowest BCUT2D eigenvalue weighted by Crippen LogP contribution is -2.22. The number of aromatic nitrogens is 2. The molecule has 0 aliphatic rings. The maximum atomic E-state index is 9.01. The highest BCUT2D eigenvalue weighted by Gasteiger charge is 2.09. The third-order valence-corrected chi connectivity index (χ3v) is 4.34. The number of benzene rings is 2. The Morgan fingerprint density at radius 2 is 2.00 bits per heavy atom. The van der Waals surface area contributed by atoms with Crippen LogP contribution in [0.25, 0.3) is 0 Å². The van der Waals surface area contributed by atoms with Crippen molar-refractivity contribution in [2.75, 3.05) is 14.2 Å². The molecule has 0 atom stereocenters. The van der Waals surface area contributed by atoms with Crippen LogP contribution in [0.1, 0.15) is 22.6 Å². The standard InChI is InChI=1S/C20H20N4O2S/c1-23(13-17-5-3-4-16(10-17)12-21)14-24-20(27)26-19(22-24)11-15-6-8-18(25-2)9-7-15/h3-10H,11,13-14H2,1-2H3. The summed E-state index contributed by atoms with van der Waals surface area (Å²) < 4.78 is 12.5. The largest absolute Gasteiger partial charge is 0.497 e. The van der Waals surface area contributed by atoms with Crippen molar-refractivity contribution in [1.29, 1.82) is 5.26 Å². The van der Waals surface area contributed by atoms with Gasteiger partial charge in [0, 0.05) is 6.54 Å². The zero-order valence-corrected chi connectivity index (χ0v) is 16.1. The zero-order valence-electron chi connectivity index (χ0n) is 15.3.